The number of benzene rings is 1. The minimum atomic E-state index is -0.389. The van der Waals surface area contributed by atoms with Gasteiger partial charge in [0.1, 0.15) is 0 Å². The van der Waals surface area contributed by atoms with Crippen LogP contribution in [0.15, 0.2) is 30.3 Å². The molecule has 0 N–H and O–H groups in total. The van der Waals surface area contributed by atoms with Crippen LogP contribution in [0, 0.1) is 12.6 Å². The van der Waals surface area contributed by atoms with E-state index in [1.807, 2.05) is 30.3 Å². The molecule has 0 saturated heterocycles. The van der Waals surface area contributed by atoms with Crippen LogP contribution in [0.4, 0.5) is 0 Å². The Bertz CT molecular complexity index is 110. The maximum absolute atomic E-state index is 3.78. The Morgan fingerprint density at radius 1 is 1.09 bits per heavy atom. The van der Waals surface area contributed by atoms with Gasteiger partial charge < -0.3 is 6.55 Å². The minimum Gasteiger partial charge on any atom is -0.345 e. The van der Waals surface area contributed by atoms with Crippen LogP contribution in [0.25, 0.3) is 0 Å². The Labute approximate surface area is 87.8 Å². The van der Waals surface area contributed by atoms with Crippen molar-refractivity contribution >= 4 is 31.8 Å². The molecule has 0 heterocycles. The standard InChI is InChI=1S/C6H5.C3H9Si.Mg/c1-2-4-6-5-3-1;1-4(2)3;/h1-5H;4H,1H2,2-3H3;/q2*-1;+2. The predicted octanol–water partition coefficient (Wildman–Crippen LogP) is 1.95. The number of hydrogen-bond donors (Lipinski definition) is 0. The van der Waals surface area contributed by atoms with Crippen LogP contribution in [0.2, 0.25) is 13.1 Å². The van der Waals surface area contributed by atoms with Crippen LogP contribution >= 0.6 is 0 Å². The third kappa shape index (κ3) is 17.8. The van der Waals surface area contributed by atoms with Crippen molar-refractivity contribution in [1.82, 2.24) is 0 Å². The van der Waals surface area contributed by atoms with Gasteiger partial charge in [-0.05, 0) is 0 Å². The van der Waals surface area contributed by atoms with Crippen molar-refractivity contribution in [3.63, 3.8) is 0 Å². The molecule has 0 amide bonds. The molecule has 1 aromatic carbocycles. The zero-order chi connectivity index (χ0) is 7.82. The van der Waals surface area contributed by atoms with Crippen LogP contribution < -0.4 is 0 Å². The number of hydrogen-bond acceptors (Lipinski definition) is 0. The Kier molecular flexibility index (Phi) is 12.8. The summed E-state index contributed by atoms with van der Waals surface area (Å²) in [4.78, 5) is 0. The van der Waals surface area contributed by atoms with Crippen molar-refractivity contribution < 1.29 is 0 Å². The van der Waals surface area contributed by atoms with E-state index < -0.39 is 0 Å². The van der Waals surface area contributed by atoms with Crippen LogP contribution in [-0.4, -0.2) is 31.8 Å². The predicted molar refractivity (Wildman–Crippen MR) is 55.3 cm³/mol. The molecule has 0 aliphatic rings. The Morgan fingerprint density at radius 3 is 1.55 bits per heavy atom. The molecule has 0 spiro atoms. The Morgan fingerprint density at radius 2 is 1.45 bits per heavy atom. The SMILES string of the molecule is [CH2-][SiH](C)C.[Mg+2].[c-]1ccccc1. The summed E-state index contributed by atoms with van der Waals surface area (Å²) >= 11 is 0. The summed E-state index contributed by atoms with van der Waals surface area (Å²) in [7, 11) is -0.389. The molecule has 56 valence electrons. The fraction of sp³-hybridized carbons (Fsp3) is 0.222. The molecule has 2 heteroatoms. The fourth-order valence-corrected chi connectivity index (χ4v) is 0.342. The molecule has 0 bridgehead atoms. The molecule has 0 fully saturated rings. The van der Waals surface area contributed by atoms with E-state index in [0.717, 1.165) is 0 Å². The largest absolute Gasteiger partial charge is 2.00 e. The summed E-state index contributed by atoms with van der Waals surface area (Å²) in [5, 5.41) is 0. The van der Waals surface area contributed by atoms with Gasteiger partial charge in [0.15, 0.2) is 0 Å². The van der Waals surface area contributed by atoms with Gasteiger partial charge in [-0.2, -0.15) is 36.4 Å². The van der Waals surface area contributed by atoms with Gasteiger partial charge in [0.05, 0.1) is 0 Å². The van der Waals surface area contributed by atoms with Crippen molar-refractivity contribution in [2.45, 2.75) is 13.1 Å². The third-order valence-corrected chi connectivity index (χ3v) is 0.607. The molecule has 0 aromatic heterocycles. The van der Waals surface area contributed by atoms with E-state index in [-0.39, 0.29) is 31.8 Å². The summed E-state index contributed by atoms with van der Waals surface area (Å²) < 4.78 is 0. The van der Waals surface area contributed by atoms with Gasteiger partial charge in [0, 0.05) is 0 Å². The van der Waals surface area contributed by atoms with E-state index in [0.29, 0.717) is 0 Å². The summed E-state index contributed by atoms with van der Waals surface area (Å²) in [6, 6.07) is 12.5. The second-order valence-electron chi connectivity index (χ2n) is 2.47. The van der Waals surface area contributed by atoms with Gasteiger partial charge in [0.2, 0.25) is 0 Å². The van der Waals surface area contributed by atoms with Gasteiger partial charge in [0.25, 0.3) is 0 Å². The van der Waals surface area contributed by atoms with E-state index in [4.69, 9.17) is 0 Å². The van der Waals surface area contributed by atoms with E-state index in [1.165, 1.54) is 0 Å². The zero-order valence-corrected chi connectivity index (χ0v) is 9.95. The Balaban J connectivity index is 0. The first-order chi connectivity index (χ1) is 4.73. The average molecular weight is 175 g/mol. The summed E-state index contributed by atoms with van der Waals surface area (Å²) in [6.07, 6.45) is 0. The smallest absolute Gasteiger partial charge is 0.345 e. The molecule has 11 heavy (non-hydrogen) atoms. The van der Waals surface area contributed by atoms with Gasteiger partial charge in [-0.3, -0.25) is 0 Å². The molecule has 0 atom stereocenters. The van der Waals surface area contributed by atoms with E-state index in [2.05, 4.69) is 25.7 Å². The average Bonchev–Trinajstić information content (AvgIpc) is 1.90. The van der Waals surface area contributed by atoms with Crippen molar-refractivity contribution in [2.24, 2.45) is 0 Å². The van der Waals surface area contributed by atoms with Crippen LogP contribution in [-0.2, 0) is 0 Å². The van der Waals surface area contributed by atoms with Crippen molar-refractivity contribution in [3.05, 3.63) is 42.9 Å². The third-order valence-electron chi connectivity index (χ3n) is 0.607. The normalized spacial score (nSPS) is 7.64. The first-order valence-electron chi connectivity index (χ1n) is 3.47. The van der Waals surface area contributed by atoms with E-state index in [9.17, 15) is 0 Å². The second-order valence-corrected chi connectivity index (χ2v) is 5.26. The van der Waals surface area contributed by atoms with Crippen molar-refractivity contribution in [1.29, 1.82) is 0 Å². The topological polar surface area (TPSA) is 0 Å². The van der Waals surface area contributed by atoms with Crippen LogP contribution in [0.3, 0.4) is 0 Å². The molecular weight excluding hydrogens is 160 g/mol. The van der Waals surface area contributed by atoms with Gasteiger partial charge in [-0.1, -0.05) is 13.1 Å². The molecule has 1 rings (SSSR count). The maximum atomic E-state index is 3.78. The van der Waals surface area contributed by atoms with Gasteiger partial charge in [-0.25, -0.2) is 0 Å². The molecule has 0 saturated carbocycles. The molecule has 0 radical (unpaired) electrons. The summed E-state index contributed by atoms with van der Waals surface area (Å²) in [5.74, 6) is 0. The summed E-state index contributed by atoms with van der Waals surface area (Å²) in [6.45, 7) is 8.17. The molecule has 1 aromatic rings. The molecule has 0 aliphatic heterocycles. The van der Waals surface area contributed by atoms with Crippen molar-refractivity contribution in [3.8, 4) is 0 Å². The van der Waals surface area contributed by atoms with Crippen molar-refractivity contribution in [2.75, 3.05) is 0 Å². The fourth-order valence-electron chi connectivity index (χ4n) is 0.342. The summed E-state index contributed by atoms with van der Waals surface area (Å²) in [5.41, 5.74) is 0. The van der Waals surface area contributed by atoms with Gasteiger partial charge in [-0.15, -0.1) is 8.80 Å². The molecule has 0 nitrogen and oxygen atoms in total. The first-order valence-corrected chi connectivity index (χ1v) is 6.60. The van der Waals surface area contributed by atoms with Crippen LogP contribution in [0.5, 0.6) is 0 Å². The maximum Gasteiger partial charge on any atom is 2.00 e. The quantitative estimate of drug-likeness (QED) is 0.417. The Hall–Kier alpha value is 0.203. The minimum absolute atomic E-state index is 0. The zero-order valence-electron chi connectivity index (χ0n) is 7.38. The molecule has 0 aliphatic carbocycles. The molecular formula is C9H14MgSi. The van der Waals surface area contributed by atoms with Crippen LogP contribution in [0.1, 0.15) is 0 Å². The second kappa shape index (κ2) is 10.2. The first kappa shape index (κ1) is 13.8. The number of rotatable bonds is 0. The van der Waals surface area contributed by atoms with E-state index in [1.54, 1.807) is 0 Å². The monoisotopic (exact) mass is 174 g/mol. The van der Waals surface area contributed by atoms with Gasteiger partial charge >= 0.3 is 23.1 Å². The van der Waals surface area contributed by atoms with E-state index >= 15 is 0 Å². The molecule has 0 unspecified atom stereocenters.